The maximum atomic E-state index is 13.7. The first-order valence-electron chi connectivity index (χ1n) is 6.85. The Hall–Kier alpha value is -1.81. The summed E-state index contributed by atoms with van der Waals surface area (Å²) in [5, 5.41) is 3.15. The Labute approximate surface area is 122 Å². The molecule has 4 heteroatoms. The zero-order valence-electron chi connectivity index (χ0n) is 12.3. The molecule has 0 aliphatic heterocycles. The smallest absolute Gasteiger partial charge is 0.128 e. The SMILES string of the molecule is Cc1ccc(C(C)NC(C)c2cc(F)ccc2F)cc1F. The third-order valence-electron chi connectivity index (χ3n) is 3.62. The topological polar surface area (TPSA) is 12.0 Å². The van der Waals surface area contributed by atoms with Crippen LogP contribution in [0, 0.1) is 24.4 Å². The van der Waals surface area contributed by atoms with Crippen LogP contribution in [0.1, 0.15) is 42.6 Å². The average molecular weight is 293 g/mol. The van der Waals surface area contributed by atoms with Gasteiger partial charge in [-0.2, -0.15) is 0 Å². The molecule has 0 fully saturated rings. The summed E-state index contributed by atoms with van der Waals surface area (Å²) >= 11 is 0. The zero-order valence-corrected chi connectivity index (χ0v) is 12.3. The monoisotopic (exact) mass is 293 g/mol. The molecule has 0 bridgehead atoms. The van der Waals surface area contributed by atoms with E-state index < -0.39 is 11.6 Å². The van der Waals surface area contributed by atoms with Gasteiger partial charge in [-0.05, 0) is 56.2 Å². The number of nitrogens with one attached hydrogen (secondary N) is 1. The summed E-state index contributed by atoms with van der Waals surface area (Å²) in [7, 11) is 0. The zero-order chi connectivity index (χ0) is 15.6. The number of benzene rings is 2. The summed E-state index contributed by atoms with van der Waals surface area (Å²) in [6.45, 7) is 5.30. The lowest BCUT2D eigenvalue weighted by molar-refractivity contribution is 0.468. The quantitative estimate of drug-likeness (QED) is 0.852. The number of hydrogen-bond donors (Lipinski definition) is 1. The second-order valence-electron chi connectivity index (χ2n) is 5.28. The molecule has 2 atom stereocenters. The van der Waals surface area contributed by atoms with E-state index in [4.69, 9.17) is 0 Å². The van der Waals surface area contributed by atoms with Gasteiger partial charge < -0.3 is 5.32 Å². The summed E-state index contributed by atoms with van der Waals surface area (Å²) in [6, 6.07) is 7.79. The minimum atomic E-state index is -0.478. The van der Waals surface area contributed by atoms with Gasteiger partial charge in [0.1, 0.15) is 17.5 Å². The van der Waals surface area contributed by atoms with Gasteiger partial charge in [0.2, 0.25) is 0 Å². The third kappa shape index (κ3) is 3.64. The van der Waals surface area contributed by atoms with Gasteiger partial charge in [-0.3, -0.25) is 0 Å². The number of halogens is 3. The van der Waals surface area contributed by atoms with Crippen molar-refractivity contribution in [1.82, 2.24) is 5.32 Å². The molecule has 0 saturated carbocycles. The summed E-state index contributed by atoms with van der Waals surface area (Å²) < 4.78 is 40.5. The summed E-state index contributed by atoms with van der Waals surface area (Å²) in [4.78, 5) is 0. The summed E-state index contributed by atoms with van der Waals surface area (Å²) in [5.74, 6) is -1.21. The van der Waals surface area contributed by atoms with E-state index in [0.717, 1.165) is 17.7 Å². The standard InChI is InChI=1S/C17H18F3N/c1-10-4-5-13(8-17(10)20)11(2)21-12(3)15-9-14(18)6-7-16(15)19/h4-9,11-12,21H,1-3H3. The van der Waals surface area contributed by atoms with Gasteiger partial charge in [-0.25, -0.2) is 13.2 Å². The van der Waals surface area contributed by atoms with Crippen LogP contribution >= 0.6 is 0 Å². The molecule has 1 N–H and O–H groups in total. The fourth-order valence-corrected chi connectivity index (χ4v) is 2.29. The molecule has 0 aliphatic carbocycles. The fourth-order valence-electron chi connectivity index (χ4n) is 2.29. The van der Waals surface area contributed by atoms with Gasteiger partial charge >= 0.3 is 0 Å². The van der Waals surface area contributed by atoms with Crippen molar-refractivity contribution in [3.63, 3.8) is 0 Å². The Kier molecular flexibility index (Phi) is 4.68. The Morgan fingerprint density at radius 2 is 1.57 bits per heavy atom. The van der Waals surface area contributed by atoms with Crippen LogP contribution in [0.3, 0.4) is 0 Å². The molecular weight excluding hydrogens is 275 g/mol. The molecule has 0 aliphatic rings. The molecule has 21 heavy (non-hydrogen) atoms. The Balaban J connectivity index is 2.16. The van der Waals surface area contributed by atoms with E-state index in [1.54, 1.807) is 19.9 Å². The fraction of sp³-hybridized carbons (Fsp3) is 0.294. The Morgan fingerprint density at radius 1 is 0.857 bits per heavy atom. The van der Waals surface area contributed by atoms with E-state index in [1.165, 1.54) is 12.1 Å². The molecular formula is C17H18F3N. The highest BCUT2D eigenvalue weighted by molar-refractivity contribution is 5.27. The molecule has 0 radical (unpaired) electrons. The molecule has 2 aromatic rings. The maximum absolute atomic E-state index is 13.7. The van der Waals surface area contributed by atoms with Crippen LogP contribution < -0.4 is 5.32 Å². The van der Waals surface area contributed by atoms with Crippen molar-refractivity contribution >= 4 is 0 Å². The van der Waals surface area contributed by atoms with Gasteiger partial charge in [-0.15, -0.1) is 0 Å². The molecule has 0 amide bonds. The van der Waals surface area contributed by atoms with Gasteiger partial charge in [0.25, 0.3) is 0 Å². The maximum Gasteiger partial charge on any atom is 0.128 e. The van der Waals surface area contributed by atoms with Crippen LogP contribution in [0.15, 0.2) is 36.4 Å². The highest BCUT2D eigenvalue weighted by Crippen LogP contribution is 2.23. The van der Waals surface area contributed by atoms with Crippen molar-refractivity contribution in [2.24, 2.45) is 0 Å². The van der Waals surface area contributed by atoms with E-state index in [0.29, 0.717) is 5.56 Å². The number of aryl methyl sites for hydroxylation is 1. The minimum Gasteiger partial charge on any atom is -0.304 e. The van der Waals surface area contributed by atoms with Crippen LogP contribution in [-0.2, 0) is 0 Å². The van der Waals surface area contributed by atoms with E-state index in [1.807, 2.05) is 13.0 Å². The van der Waals surface area contributed by atoms with E-state index in [9.17, 15) is 13.2 Å². The molecule has 2 rings (SSSR count). The molecule has 0 heterocycles. The lowest BCUT2D eigenvalue weighted by atomic mass is 10.0. The highest BCUT2D eigenvalue weighted by atomic mass is 19.1. The van der Waals surface area contributed by atoms with Crippen molar-refractivity contribution in [2.45, 2.75) is 32.9 Å². The molecule has 2 aromatic carbocycles. The van der Waals surface area contributed by atoms with Gasteiger partial charge in [0, 0.05) is 17.6 Å². The second kappa shape index (κ2) is 6.31. The number of rotatable bonds is 4. The van der Waals surface area contributed by atoms with E-state index in [-0.39, 0.29) is 23.5 Å². The predicted molar refractivity (Wildman–Crippen MR) is 77.5 cm³/mol. The molecule has 0 aromatic heterocycles. The van der Waals surface area contributed by atoms with Crippen molar-refractivity contribution in [1.29, 1.82) is 0 Å². The number of hydrogen-bond acceptors (Lipinski definition) is 1. The predicted octanol–water partition coefficient (Wildman–Crippen LogP) is 4.82. The molecule has 0 saturated heterocycles. The van der Waals surface area contributed by atoms with E-state index >= 15 is 0 Å². The largest absolute Gasteiger partial charge is 0.304 e. The highest BCUT2D eigenvalue weighted by Gasteiger charge is 2.16. The van der Waals surface area contributed by atoms with Crippen molar-refractivity contribution in [3.05, 3.63) is 70.5 Å². The second-order valence-corrected chi connectivity index (χ2v) is 5.28. The minimum absolute atomic E-state index is 0.183. The summed E-state index contributed by atoms with van der Waals surface area (Å²) in [5.41, 5.74) is 1.60. The Morgan fingerprint density at radius 3 is 2.24 bits per heavy atom. The first-order valence-corrected chi connectivity index (χ1v) is 6.85. The third-order valence-corrected chi connectivity index (χ3v) is 3.62. The molecule has 2 unspecified atom stereocenters. The van der Waals surface area contributed by atoms with Crippen LogP contribution in [-0.4, -0.2) is 0 Å². The van der Waals surface area contributed by atoms with Crippen LogP contribution in [0.2, 0.25) is 0 Å². The van der Waals surface area contributed by atoms with Gasteiger partial charge in [0.05, 0.1) is 0 Å². The Bertz CT molecular complexity index is 640. The summed E-state index contributed by atoms with van der Waals surface area (Å²) in [6.07, 6.45) is 0. The van der Waals surface area contributed by atoms with E-state index in [2.05, 4.69) is 5.32 Å². The normalized spacial score (nSPS) is 14.0. The molecule has 1 nitrogen and oxygen atoms in total. The van der Waals surface area contributed by atoms with Crippen molar-refractivity contribution < 1.29 is 13.2 Å². The van der Waals surface area contributed by atoms with Crippen LogP contribution in [0.4, 0.5) is 13.2 Å². The lowest BCUT2D eigenvalue weighted by Gasteiger charge is -2.21. The van der Waals surface area contributed by atoms with Crippen molar-refractivity contribution in [2.75, 3.05) is 0 Å². The van der Waals surface area contributed by atoms with Gasteiger partial charge in [0.15, 0.2) is 0 Å². The lowest BCUT2D eigenvalue weighted by Crippen LogP contribution is -2.23. The van der Waals surface area contributed by atoms with Crippen LogP contribution in [0.5, 0.6) is 0 Å². The van der Waals surface area contributed by atoms with Crippen molar-refractivity contribution in [3.8, 4) is 0 Å². The average Bonchev–Trinajstić information content (AvgIpc) is 2.44. The van der Waals surface area contributed by atoms with Crippen LogP contribution in [0.25, 0.3) is 0 Å². The van der Waals surface area contributed by atoms with Gasteiger partial charge in [-0.1, -0.05) is 12.1 Å². The first-order chi connectivity index (χ1) is 9.88. The first kappa shape index (κ1) is 15.6. The molecule has 112 valence electrons. The molecule has 0 spiro atoms.